The third-order valence-electron chi connectivity index (χ3n) is 3.61. The second kappa shape index (κ2) is 6.45. The number of aliphatic carboxylic acids is 1. The quantitative estimate of drug-likeness (QED) is 0.886. The number of rotatable bonds is 4. The van der Waals surface area contributed by atoms with E-state index in [0.29, 0.717) is 12.5 Å². The molecule has 2 heterocycles. The third kappa shape index (κ3) is 3.53. The number of nitrogens with one attached hydrogen (secondary N) is 1. The summed E-state index contributed by atoms with van der Waals surface area (Å²) in [5.74, 6) is 0.401. The van der Waals surface area contributed by atoms with Gasteiger partial charge in [-0.2, -0.15) is 0 Å². The van der Waals surface area contributed by atoms with Gasteiger partial charge in [-0.05, 0) is 30.9 Å². The molecule has 6 heteroatoms. The summed E-state index contributed by atoms with van der Waals surface area (Å²) in [7, 11) is 0. The molecule has 0 radical (unpaired) electrons. The number of carbonyl (C=O) groups excluding carboxylic acids is 1. The van der Waals surface area contributed by atoms with Crippen LogP contribution < -0.4 is 5.32 Å². The first-order valence-electron chi connectivity index (χ1n) is 6.87. The average molecular weight is 280 g/mol. The van der Waals surface area contributed by atoms with E-state index < -0.39 is 5.97 Å². The Labute approximate surface area is 117 Å². The highest BCUT2D eigenvalue weighted by atomic mass is 16.4. The van der Waals surface area contributed by atoms with E-state index in [0.717, 1.165) is 18.6 Å². The first-order valence-corrected chi connectivity index (χ1v) is 6.87. The molecule has 0 spiro atoms. The molecule has 1 aromatic rings. The maximum atomic E-state index is 12.2. The summed E-state index contributed by atoms with van der Waals surface area (Å²) >= 11 is 0. The number of nitrogens with zero attached hydrogens (tertiary/aromatic N) is 1. The van der Waals surface area contributed by atoms with Crippen LogP contribution in [-0.2, 0) is 4.79 Å². The van der Waals surface area contributed by atoms with Gasteiger partial charge in [0.1, 0.15) is 5.76 Å². The van der Waals surface area contributed by atoms with Crippen LogP contribution in [0.2, 0.25) is 0 Å². The molecular formula is C14H20N2O4. The van der Waals surface area contributed by atoms with E-state index in [-0.39, 0.29) is 25.0 Å². The second-order valence-electron chi connectivity index (χ2n) is 5.23. The van der Waals surface area contributed by atoms with Gasteiger partial charge in [0.2, 0.25) is 0 Å². The van der Waals surface area contributed by atoms with Gasteiger partial charge >= 0.3 is 12.0 Å². The lowest BCUT2D eigenvalue weighted by molar-refractivity contribution is -0.136. The van der Waals surface area contributed by atoms with Crippen LogP contribution in [0.3, 0.4) is 0 Å². The van der Waals surface area contributed by atoms with Crippen molar-refractivity contribution in [2.24, 2.45) is 5.92 Å². The zero-order valence-electron chi connectivity index (χ0n) is 11.5. The Morgan fingerprint density at radius 3 is 3.00 bits per heavy atom. The smallest absolute Gasteiger partial charge is 0.318 e. The molecule has 20 heavy (non-hydrogen) atoms. The van der Waals surface area contributed by atoms with Crippen molar-refractivity contribution in [1.82, 2.24) is 10.2 Å². The molecule has 1 fully saturated rings. The van der Waals surface area contributed by atoms with Gasteiger partial charge in [0.05, 0.1) is 18.7 Å². The summed E-state index contributed by atoms with van der Waals surface area (Å²) < 4.78 is 5.43. The number of urea groups is 1. The van der Waals surface area contributed by atoms with Crippen molar-refractivity contribution < 1.29 is 19.1 Å². The molecule has 6 nitrogen and oxygen atoms in total. The van der Waals surface area contributed by atoms with Crippen molar-refractivity contribution in [3.05, 3.63) is 24.2 Å². The van der Waals surface area contributed by atoms with Crippen LogP contribution >= 0.6 is 0 Å². The predicted molar refractivity (Wildman–Crippen MR) is 72.2 cm³/mol. The SMILES string of the molecule is CC1CCN(C(=O)NCCC(=O)O)C(c2ccco2)C1. The number of likely N-dealkylation sites (tertiary alicyclic amines) is 1. The molecule has 0 aliphatic carbocycles. The number of carboxylic acids is 1. The van der Waals surface area contributed by atoms with Crippen LogP contribution in [0, 0.1) is 5.92 Å². The fraction of sp³-hybridized carbons (Fsp3) is 0.571. The van der Waals surface area contributed by atoms with Gasteiger partial charge in [0.25, 0.3) is 0 Å². The average Bonchev–Trinajstić information content (AvgIpc) is 2.91. The minimum absolute atomic E-state index is 0.0681. The number of carboxylic acid groups (broad SMARTS) is 1. The molecule has 1 aliphatic heterocycles. The van der Waals surface area contributed by atoms with Crippen molar-refractivity contribution in [3.8, 4) is 0 Å². The molecule has 0 saturated carbocycles. The number of carbonyl (C=O) groups is 2. The Bertz CT molecular complexity index is 458. The highest BCUT2D eigenvalue weighted by molar-refractivity contribution is 5.75. The summed E-state index contributed by atoms with van der Waals surface area (Å²) in [5.41, 5.74) is 0. The summed E-state index contributed by atoms with van der Waals surface area (Å²) in [6.07, 6.45) is 3.35. The van der Waals surface area contributed by atoms with E-state index in [1.807, 2.05) is 12.1 Å². The van der Waals surface area contributed by atoms with E-state index in [9.17, 15) is 9.59 Å². The van der Waals surface area contributed by atoms with Crippen molar-refractivity contribution in [2.75, 3.05) is 13.1 Å². The maximum Gasteiger partial charge on any atom is 0.318 e. The molecule has 2 N–H and O–H groups in total. The first-order chi connectivity index (χ1) is 9.58. The van der Waals surface area contributed by atoms with Gasteiger partial charge in [-0.3, -0.25) is 4.79 Å². The van der Waals surface area contributed by atoms with Gasteiger partial charge in [-0.1, -0.05) is 6.92 Å². The van der Waals surface area contributed by atoms with E-state index in [1.54, 1.807) is 11.2 Å². The van der Waals surface area contributed by atoms with E-state index in [4.69, 9.17) is 9.52 Å². The molecule has 0 bridgehead atoms. The molecular weight excluding hydrogens is 260 g/mol. The van der Waals surface area contributed by atoms with Crippen LogP contribution in [0.25, 0.3) is 0 Å². The standard InChI is InChI=1S/C14H20N2O4/c1-10-5-7-16(14(19)15-6-4-13(17)18)11(9-10)12-3-2-8-20-12/h2-3,8,10-11H,4-7,9H2,1H3,(H,15,19)(H,17,18). The molecule has 1 aromatic heterocycles. The minimum atomic E-state index is -0.917. The Hall–Kier alpha value is -1.98. The lowest BCUT2D eigenvalue weighted by atomic mass is 9.91. The Morgan fingerprint density at radius 1 is 1.55 bits per heavy atom. The second-order valence-corrected chi connectivity index (χ2v) is 5.23. The van der Waals surface area contributed by atoms with Crippen LogP contribution in [0.15, 0.2) is 22.8 Å². The third-order valence-corrected chi connectivity index (χ3v) is 3.61. The molecule has 2 rings (SSSR count). The van der Waals surface area contributed by atoms with E-state index >= 15 is 0 Å². The molecule has 0 aromatic carbocycles. The fourth-order valence-corrected chi connectivity index (χ4v) is 2.51. The number of amides is 2. The predicted octanol–water partition coefficient (Wildman–Crippen LogP) is 2.24. The minimum Gasteiger partial charge on any atom is -0.481 e. The number of furan rings is 1. The maximum absolute atomic E-state index is 12.2. The molecule has 2 unspecified atom stereocenters. The molecule has 110 valence electrons. The lowest BCUT2D eigenvalue weighted by Crippen LogP contribution is -2.46. The Kier molecular flexibility index (Phi) is 4.65. The molecule has 1 aliphatic rings. The number of hydrogen-bond donors (Lipinski definition) is 2. The highest BCUT2D eigenvalue weighted by Crippen LogP contribution is 2.34. The van der Waals surface area contributed by atoms with Crippen LogP contribution in [-0.4, -0.2) is 35.1 Å². The van der Waals surface area contributed by atoms with Gasteiger partial charge < -0.3 is 19.7 Å². The summed E-state index contributed by atoms with van der Waals surface area (Å²) in [6.45, 7) is 2.96. The topological polar surface area (TPSA) is 82.8 Å². The van der Waals surface area contributed by atoms with Gasteiger partial charge in [-0.25, -0.2) is 4.79 Å². The van der Waals surface area contributed by atoms with Gasteiger partial charge in [-0.15, -0.1) is 0 Å². The summed E-state index contributed by atoms with van der Waals surface area (Å²) in [5, 5.41) is 11.2. The fourth-order valence-electron chi connectivity index (χ4n) is 2.51. The van der Waals surface area contributed by atoms with E-state index in [1.165, 1.54) is 0 Å². The normalized spacial score (nSPS) is 22.6. The summed E-state index contributed by atoms with van der Waals surface area (Å²) in [6, 6.07) is 3.40. The number of piperidine rings is 1. The van der Waals surface area contributed by atoms with Crippen molar-refractivity contribution in [1.29, 1.82) is 0 Å². The highest BCUT2D eigenvalue weighted by Gasteiger charge is 2.32. The van der Waals surface area contributed by atoms with Gasteiger partial charge in [0.15, 0.2) is 0 Å². The van der Waals surface area contributed by atoms with E-state index in [2.05, 4.69) is 12.2 Å². The van der Waals surface area contributed by atoms with Crippen LogP contribution in [0.1, 0.15) is 38.0 Å². The van der Waals surface area contributed by atoms with Crippen molar-refractivity contribution in [3.63, 3.8) is 0 Å². The zero-order valence-corrected chi connectivity index (χ0v) is 11.5. The van der Waals surface area contributed by atoms with Crippen LogP contribution in [0.4, 0.5) is 4.79 Å². The molecule has 2 amide bonds. The largest absolute Gasteiger partial charge is 0.481 e. The molecule has 1 saturated heterocycles. The Balaban J connectivity index is 1.99. The monoisotopic (exact) mass is 280 g/mol. The Morgan fingerprint density at radius 2 is 2.35 bits per heavy atom. The molecule has 2 atom stereocenters. The number of hydrogen-bond acceptors (Lipinski definition) is 3. The lowest BCUT2D eigenvalue weighted by Gasteiger charge is -2.37. The van der Waals surface area contributed by atoms with Gasteiger partial charge in [0, 0.05) is 13.1 Å². The first kappa shape index (κ1) is 14.4. The zero-order chi connectivity index (χ0) is 14.5. The van der Waals surface area contributed by atoms with Crippen molar-refractivity contribution >= 4 is 12.0 Å². The van der Waals surface area contributed by atoms with Crippen LogP contribution in [0.5, 0.6) is 0 Å². The van der Waals surface area contributed by atoms with Crippen molar-refractivity contribution in [2.45, 2.75) is 32.2 Å². The summed E-state index contributed by atoms with van der Waals surface area (Å²) in [4.78, 5) is 24.4.